The lowest BCUT2D eigenvalue weighted by Crippen LogP contribution is -2.38. The van der Waals surface area contributed by atoms with Crippen LogP contribution in [0.5, 0.6) is 0 Å². The quantitative estimate of drug-likeness (QED) is 0.884. The molecular weight excluding hydrogens is 254 g/mol. The van der Waals surface area contributed by atoms with Crippen molar-refractivity contribution in [1.82, 2.24) is 4.90 Å². The lowest BCUT2D eigenvalue weighted by molar-refractivity contribution is -0.116. The zero-order valence-electron chi connectivity index (χ0n) is 12.3. The molecule has 1 heterocycles. The molecule has 1 aliphatic rings. The Hall–Kier alpha value is -1.59. The summed E-state index contributed by atoms with van der Waals surface area (Å²) in [6.45, 7) is 4.17. The summed E-state index contributed by atoms with van der Waals surface area (Å²) in [4.78, 5) is 16.2. The second kappa shape index (κ2) is 7.26. The molecule has 0 spiro atoms. The predicted molar refractivity (Wildman–Crippen MR) is 81.3 cm³/mol. The van der Waals surface area contributed by atoms with Crippen molar-refractivity contribution >= 4 is 17.3 Å². The molecule has 5 heteroatoms. The topological polar surface area (TPSA) is 44.8 Å². The number of nitrogens with zero attached hydrogens (tertiary/aromatic N) is 2. The van der Waals surface area contributed by atoms with Crippen LogP contribution in [-0.4, -0.2) is 57.8 Å². The Balaban J connectivity index is 1.80. The van der Waals surface area contributed by atoms with Crippen molar-refractivity contribution < 1.29 is 9.53 Å². The normalized spacial score (nSPS) is 15.9. The minimum atomic E-state index is 0.0624. The molecular formula is C15H23N3O2. The second-order valence-corrected chi connectivity index (χ2v) is 5.20. The number of hydrogen-bond acceptors (Lipinski definition) is 4. The van der Waals surface area contributed by atoms with Gasteiger partial charge in [-0.3, -0.25) is 9.69 Å². The fraction of sp³-hybridized carbons (Fsp3) is 0.533. The molecule has 1 fully saturated rings. The highest BCUT2D eigenvalue weighted by molar-refractivity contribution is 5.91. The summed E-state index contributed by atoms with van der Waals surface area (Å²) in [5, 5.41) is 2.95. The molecule has 0 atom stereocenters. The minimum absolute atomic E-state index is 0.0624. The SMILES string of the molecule is CN(C)c1cccc(NC(=O)CCN2CCOCC2)c1. The van der Waals surface area contributed by atoms with Crippen LogP contribution in [0.1, 0.15) is 6.42 Å². The third-order valence-corrected chi connectivity index (χ3v) is 3.41. The van der Waals surface area contributed by atoms with E-state index in [1.807, 2.05) is 43.3 Å². The second-order valence-electron chi connectivity index (χ2n) is 5.20. The van der Waals surface area contributed by atoms with Gasteiger partial charge in [0.25, 0.3) is 0 Å². The zero-order valence-corrected chi connectivity index (χ0v) is 12.3. The molecule has 0 aromatic heterocycles. The van der Waals surface area contributed by atoms with Gasteiger partial charge in [0.1, 0.15) is 0 Å². The van der Waals surface area contributed by atoms with Crippen LogP contribution in [0.2, 0.25) is 0 Å². The highest BCUT2D eigenvalue weighted by Gasteiger charge is 2.12. The molecule has 1 aromatic rings. The van der Waals surface area contributed by atoms with Crippen molar-refractivity contribution in [3.8, 4) is 0 Å². The van der Waals surface area contributed by atoms with E-state index in [1.54, 1.807) is 0 Å². The van der Waals surface area contributed by atoms with Gasteiger partial charge in [-0.15, -0.1) is 0 Å². The number of amides is 1. The molecule has 0 radical (unpaired) electrons. The molecule has 0 saturated carbocycles. The average molecular weight is 277 g/mol. The summed E-state index contributed by atoms with van der Waals surface area (Å²) < 4.78 is 5.29. The largest absolute Gasteiger partial charge is 0.379 e. The summed E-state index contributed by atoms with van der Waals surface area (Å²) in [7, 11) is 3.97. The Morgan fingerprint density at radius 2 is 2.10 bits per heavy atom. The van der Waals surface area contributed by atoms with Gasteiger partial charge < -0.3 is 15.0 Å². The fourth-order valence-electron chi connectivity index (χ4n) is 2.17. The van der Waals surface area contributed by atoms with Gasteiger partial charge in [0, 0.05) is 51.5 Å². The maximum absolute atomic E-state index is 12.0. The standard InChI is InChI=1S/C15H23N3O2/c1-17(2)14-5-3-4-13(12-14)16-15(19)6-7-18-8-10-20-11-9-18/h3-5,12H,6-11H2,1-2H3,(H,16,19). The van der Waals surface area contributed by atoms with Gasteiger partial charge in [0.2, 0.25) is 5.91 Å². The summed E-state index contributed by atoms with van der Waals surface area (Å²) in [6.07, 6.45) is 0.520. The first-order valence-electron chi connectivity index (χ1n) is 7.02. The van der Waals surface area contributed by atoms with E-state index < -0.39 is 0 Å². The molecule has 1 N–H and O–H groups in total. The first-order chi connectivity index (χ1) is 9.65. The van der Waals surface area contributed by atoms with Gasteiger partial charge in [-0.25, -0.2) is 0 Å². The van der Waals surface area contributed by atoms with Crippen molar-refractivity contribution in [2.45, 2.75) is 6.42 Å². The molecule has 1 aromatic carbocycles. The molecule has 1 aliphatic heterocycles. The number of benzene rings is 1. The number of carbonyl (C=O) groups is 1. The Morgan fingerprint density at radius 1 is 1.35 bits per heavy atom. The number of hydrogen-bond donors (Lipinski definition) is 1. The van der Waals surface area contributed by atoms with Crippen LogP contribution in [0, 0.1) is 0 Å². The number of anilines is 2. The van der Waals surface area contributed by atoms with Crippen LogP contribution in [0.15, 0.2) is 24.3 Å². The van der Waals surface area contributed by atoms with Crippen LogP contribution in [0.4, 0.5) is 11.4 Å². The van der Waals surface area contributed by atoms with Crippen LogP contribution in [-0.2, 0) is 9.53 Å². The zero-order chi connectivity index (χ0) is 14.4. The van der Waals surface area contributed by atoms with Gasteiger partial charge in [-0.1, -0.05) is 6.07 Å². The molecule has 0 bridgehead atoms. The number of nitrogens with one attached hydrogen (secondary N) is 1. The van der Waals surface area contributed by atoms with Crippen LogP contribution in [0.25, 0.3) is 0 Å². The molecule has 0 aliphatic carbocycles. The van der Waals surface area contributed by atoms with Gasteiger partial charge >= 0.3 is 0 Å². The summed E-state index contributed by atoms with van der Waals surface area (Å²) in [5.41, 5.74) is 1.93. The molecule has 110 valence electrons. The Morgan fingerprint density at radius 3 is 2.80 bits per heavy atom. The van der Waals surface area contributed by atoms with Crippen molar-refractivity contribution in [2.24, 2.45) is 0 Å². The van der Waals surface area contributed by atoms with Gasteiger partial charge in [-0.2, -0.15) is 0 Å². The van der Waals surface area contributed by atoms with E-state index in [-0.39, 0.29) is 5.91 Å². The Bertz CT molecular complexity index is 442. The molecule has 5 nitrogen and oxygen atoms in total. The molecule has 2 rings (SSSR count). The fourth-order valence-corrected chi connectivity index (χ4v) is 2.17. The van der Waals surface area contributed by atoms with E-state index in [2.05, 4.69) is 10.2 Å². The maximum atomic E-state index is 12.0. The van der Waals surface area contributed by atoms with E-state index in [4.69, 9.17) is 4.74 Å². The smallest absolute Gasteiger partial charge is 0.225 e. The number of ether oxygens (including phenoxy) is 1. The summed E-state index contributed by atoms with van der Waals surface area (Å²) in [6, 6.07) is 7.86. The van der Waals surface area contributed by atoms with Crippen LogP contribution < -0.4 is 10.2 Å². The number of carbonyl (C=O) groups excluding carboxylic acids is 1. The molecule has 1 amide bonds. The van der Waals surface area contributed by atoms with E-state index in [1.165, 1.54) is 0 Å². The predicted octanol–water partition coefficient (Wildman–Crippen LogP) is 1.41. The monoisotopic (exact) mass is 277 g/mol. The van der Waals surface area contributed by atoms with Crippen LogP contribution in [0.3, 0.4) is 0 Å². The van der Waals surface area contributed by atoms with E-state index >= 15 is 0 Å². The number of rotatable bonds is 5. The minimum Gasteiger partial charge on any atom is -0.379 e. The number of morpholine rings is 1. The third-order valence-electron chi connectivity index (χ3n) is 3.41. The maximum Gasteiger partial charge on any atom is 0.225 e. The average Bonchev–Trinajstić information content (AvgIpc) is 2.46. The summed E-state index contributed by atoms with van der Waals surface area (Å²) in [5.74, 6) is 0.0624. The molecule has 20 heavy (non-hydrogen) atoms. The van der Waals surface area contributed by atoms with E-state index in [0.29, 0.717) is 6.42 Å². The van der Waals surface area contributed by atoms with Gasteiger partial charge in [-0.05, 0) is 18.2 Å². The lowest BCUT2D eigenvalue weighted by atomic mass is 10.2. The Labute approximate surface area is 120 Å². The Kier molecular flexibility index (Phi) is 5.38. The highest BCUT2D eigenvalue weighted by Crippen LogP contribution is 2.17. The van der Waals surface area contributed by atoms with Crippen LogP contribution >= 0.6 is 0 Å². The third kappa shape index (κ3) is 4.51. The van der Waals surface area contributed by atoms with Crippen molar-refractivity contribution in [1.29, 1.82) is 0 Å². The first-order valence-corrected chi connectivity index (χ1v) is 7.02. The summed E-state index contributed by atoms with van der Waals surface area (Å²) >= 11 is 0. The highest BCUT2D eigenvalue weighted by atomic mass is 16.5. The van der Waals surface area contributed by atoms with E-state index in [0.717, 1.165) is 44.2 Å². The van der Waals surface area contributed by atoms with E-state index in [9.17, 15) is 4.79 Å². The first kappa shape index (κ1) is 14.8. The van der Waals surface area contributed by atoms with Gasteiger partial charge in [0.05, 0.1) is 13.2 Å². The van der Waals surface area contributed by atoms with Gasteiger partial charge in [0.15, 0.2) is 0 Å². The van der Waals surface area contributed by atoms with Crippen molar-refractivity contribution in [2.75, 3.05) is 57.2 Å². The molecule has 1 saturated heterocycles. The molecule has 0 unspecified atom stereocenters. The van der Waals surface area contributed by atoms with Crippen molar-refractivity contribution in [3.63, 3.8) is 0 Å². The van der Waals surface area contributed by atoms with Crippen molar-refractivity contribution in [3.05, 3.63) is 24.3 Å². The lowest BCUT2D eigenvalue weighted by Gasteiger charge is -2.26.